The third kappa shape index (κ3) is 4.83. The van der Waals surface area contributed by atoms with Gasteiger partial charge < -0.3 is 20.3 Å². The highest BCUT2D eigenvalue weighted by Crippen LogP contribution is 2.37. The van der Waals surface area contributed by atoms with Crippen LogP contribution in [0.4, 0.5) is 0 Å². The van der Waals surface area contributed by atoms with Gasteiger partial charge in [-0.3, -0.25) is 14.4 Å². The summed E-state index contributed by atoms with van der Waals surface area (Å²) in [5.41, 5.74) is 3.12. The van der Waals surface area contributed by atoms with Gasteiger partial charge in [0.2, 0.25) is 5.91 Å². The molecule has 3 heterocycles. The molecule has 0 aliphatic carbocycles. The molecule has 0 bridgehead atoms. The zero-order valence-corrected chi connectivity index (χ0v) is 20.1. The lowest BCUT2D eigenvalue weighted by Crippen LogP contribution is -2.45. The van der Waals surface area contributed by atoms with E-state index in [1.807, 2.05) is 20.8 Å². The minimum atomic E-state index is -1.04. The van der Waals surface area contributed by atoms with Crippen LogP contribution in [0.2, 0.25) is 0 Å². The number of ketones is 1. The van der Waals surface area contributed by atoms with Gasteiger partial charge in [-0.2, -0.15) is 5.16 Å². The number of amides is 1. The summed E-state index contributed by atoms with van der Waals surface area (Å²) >= 11 is 1.41. The summed E-state index contributed by atoms with van der Waals surface area (Å²) in [6.07, 6.45) is 1.56. The average Bonchev–Trinajstić information content (AvgIpc) is 3.55. The normalized spacial score (nSPS) is 17.6. The van der Waals surface area contributed by atoms with Crippen molar-refractivity contribution >= 4 is 23.0 Å². The molecule has 9 nitrogen and oxygen atoms in total. The molecule has 0 saturated carbocycles. The van der Waals surface area contributed by atoms with E-state index in [1.165, 1.54) is 23.5 Å². The Kier molecular flexibility index (Phi) is 6.99. The van der Waals surface area contributed by atoms with E-state index in [4.69, 9.17) is 4.52 Å². The minimum absolute atomic E-state index is 0.00911. The average molecular weight is 485 g/mol. The van der Waals surface area contributed by atoms with Crippen LogP contribution in [0.3, 0.4) is 0 Å². The Morgan fingerprint density at radius 1 is 1.29 bits per heavy atom. The fourth-order valence-corrected chi connectivity index (χ4v) is 5.22. The van der Waals surface area contributed by atoms with Crippen molar-refractivity contribution in [2.24, 2.45) is 5.92 Å². The molecule has 0 radical (unpaired) electrons. The SMILES string of the molecule is Cc1ncsc1-c1ccc(C(NC(=O)C2CCCN2)C(=O)C(c2cc(=O)[nH]o2)C(C)C)cc1O. The molecule has 1 aliphatic rings. The van der Waals surface area contributed by atoms with Crippen LogP contribution in [0.25, 0.3) is 10.4 Å². The summed E-state index contributed by atoms with van der Waals surface area (Å²) in [6.45, 7) is 6.29. The van der Waals surface area contributed by atoms with Crippen molar-refractivity contribution in [1.29, 1.82) is 0 Å². The molecule has 1 amide bonds. The molecule has 1 aromatic carbocycles. The maximum Gasteiger partial charge on any atom is 0.280 e. The number of carbonyl (C=O) groups is 2. The molecule has 3 atom stereocenters. The standard InChI is InChI=1S/C24H28N4O5S/c1-12(2)20(18-10-19(30)28-33-18)22(31)21(27-24(32)16-5-4-8-25-16)14-6-7-15(17(29)9-14)23-13(3)26-11-34-23/h6-7,9-12,16,20-21,25,29H,4-5,8H2,1-3H3,(H,27,32)(H,28,30). The van der Waals surface area contributed by atoms with Crippen molar-refractivity contribution in [3.63, 3.8) is 0 Å². The van der Waals surface area contributed by atoms with Crippen LogP contribution in [0, 0.1) is 12.8 Å². The number of H-pyrrole nitrogens is 1. The number of aryl methyl sites for hydroxylation is 1. The summed E-state index contributed by atoms with van der Waals surface area (Å²) in [5, 5.41) is 19.1. The summed E-state index contributed by atoms with van der Waals surface area (Å²) in [6, 6.07) is 4.79. The molecule has 34 heavy (non-hydrogen) atoms. The number of nitrogens with zero attached hydrogens (tertiary/aromatic N) is 1. The number of hydrogen-bond donors (Lipinski definition) is 4. The number of rotatable bonds is 8. The van der Waals surface area contributed by atoms with Crippen molar-refractivity contribution in [2.75, 3.05) is 6.54 Å². The number of aromatic nitrogens is 2. The lowest BCUT2D eigenvalue weighted by atomic mass is 9.83. The molecule has 10 heteroatoms. The second-order valence-corrected chi connectivity index (χ2v) is 9.73. The smallest absolute Gasteiger partial charge is 0.280 e. The first-order valence-electron chi connectivity index (χ1n) is 11.3. The van der Waals surface area contributed by atoms with Crippen LogP contribution in [-0.2, 0) is 9.59 Å². The molecule has 2 aromatic heterocycles. The lowest BCUT2D eigenvalue weighted by molar-refractivity contribution is -0.130. The van der Waals surface area contributed by atoms with Gasteiger partial charge in [-0.05, 0) is 49.9 Å². The van der Waals surface area contributed by atoms with E-state index >= 15 is 0 Å². The van der Waals surface area contributed by atoms with Crippen LogP contribution < -0.4 is 16.2 Å². The molecule has 1 saturated heterocycles. The predicted molar refractivity (Wildman–Crippen MR) is 128 cm³/mol. The van der Waals surface area contributed by atoms with Gasteiger partial charge in [0.05, 0.1) is 28.0 Å². The molecule has 1 aliphatic heterocycles. The molecular formula is C24H28N4O5S. The van der Waals surface area contributed by atoms with E-state index in [2.05, 4.69) is 20.8 Å². The number of Topliss-reactive ketones (excluding diaryl/α,β-unsaturated/α-hetero) is 1. The van der Waals surface area contributed by atoms with Crippen molar-refractivity contribution in [2.45, 2.75) is 51.6 Å². The number of thiazole rings is 1. The zero-order valence-electron chi connectivity index (χ0n) is 19.3. The van der Waals surface area contributed by atoms with E-state index in [9.17, 15) is 19.5 Å². The number of nitrogens with one attached hydrogen (secondary N) is 3. The monoisotopic (exact) mass is 484 g/mol. The maximum atomic E-state index is 13.8. The number of phenols is 1. The molecular weight excluding hydrogens is 456 g/mol. The van der Waals surface area contributed by atoms with Crippen LogP contribution in [0.1, 0.15) is 55.7 Å². The van der Waals surface area contributed by atoms with Crippen molar-refractivity contribution in [3.8, 4) is 16.2 Å². The summed E-state index contributed by atoms with van der Waals surface area (Å²) in [4.78, 5) is 43.5. The lowest BCUT2D eigenvalue weighted by Gasteiger charge is -2.26. The Hall–Kier alpha value is -3.24. The topological polar surface area (TPSA) is 137 Å². The van der Waals surface area contributed by atoms with Gasteiger partial charge in [-0.25, -0.2) is 4.98 Å². The van der Waals surface area contributed by atoms with E-state index in [-0.39, 0.29) is 35.2 Å². The Bertz CT molecular complexity index is 1240. The van der Waals surface area contributed by atoms with Gasteiger partial charge in [0, 0.05) is 11.6 Å². The predicted octanol–water partition coefficient (Wildman–Crippen LogP) is 3.02. The number of aromatic hydroxyl groups is 1. The summed E-state index contributed by atoms with van der Waals surface area (Å²) in [5.74, 6) is -1.38. The Balaban J connectivity index is 1.72. The fourth-order valence-electron chi connectivity index (χ4n) is 4.38. The van der Waals surface area contributed by atoms with Gasteiger partial charge >= 0.3 is 0 Å². The van der Waals surface area contributed by atoms with Crippen LogP contribution in [0.15, 0.2) is 39.1 Å². The zero-order chi connectivity index (χ0) is 24.4. The largest absolute Gasteiger partial charge is 0.507 e. The van der Waals surface area contributed by atoms with Gasteiger partial charge in [-0.15, -0.1) is 11.3 Å². The first-order valence-corrected chi connectivity index (χ1v) is 12.1. The van der Waals surface area contributed by atoms with E-state index in [1.54, 1.807) is 17.6 Å². The van der Waals surface area contributed by atoms with Crippen molar-refractivity contribution in [3.05, 3.63) is 57.1 Å². The third-order valence-electron chi connectivity index (χ3n) is 6.12. The van der Waals surface area contributed by atoms with E-state index in [0.717, 1.165) is 23.5 Å². The second-order valence-electron chi connectivity index (χ2n) is 8.87. The third-order valence-corrected chi connectivity index (χ3v) is 7.08. The number of aromatic amines is 1. The van der Waals surface area contributed by atoms with Crippen molar-refractivity contribution in [1.82, 2.24) is 20.8 Å². The van der Waals surface area contributed by atoms with Crippen LogP contribution in [-0.4, -0.2) is 39.5 Å². The van der Waals surface area contributed by atoms with E-state index < -0.39 is 17.5 Å². The molecule has 1 fully saturated rings. The first kappa shape index (κ1) is 23.9. The second kappa shape index (κ2) is 9.94. The quantitative estimate of drug-likeness (QED) is 0.386. The van der Waals surface area contributed by atoms with Crippen LogP contribution in [0.5, 0.6) is 5.75 Å². The molecule has 3 unspecified atom stereocenters. The number of phenolic OH excluding ortho intramolecular Hbond substituents is 1. The van der Waals surface area contributed by atoms with Crippen LogP contribution >= 0.6 is 11.3 Å². The molecule has 4 N–H and O–H groups in total. The molecule has 3 aromatic rings. The molecule has 4 rings (SSSR count). The van der Waals surface area contributed by atoms with Gasteiger partial charge in [0.25, 0.3) is 5.56 Å². The number of carbonyl (C=O) groups excluding carboxylic acids is 2. The Labute approximate surface area is 200 Å². The highest BCUT2D eigenvalue weighted by atomic mass is 32.1. The summed E-state index contributed by atoms with van der Waals surface area (Å²) in [7, 11) is 0. The van der Waals surface area contributed by atoms with E-state index in [0.29, 0.717) is 17.5 Å². The molecule has 180 valence electrons. The summed E-state index contributed by atoms with van der Waals surface area (Å²) < 4.78 is 5.27. The Morgan fingerprint density at radius 2 is 2.09 bits per heavy atom. The Morgan fingerprint density at radius 3 is 2.65 bits per heavy atom. The van der Waals surface area contributed by atoms with Gasteiger partial charge in [-0.1, -0.05) is 19.9 Å². The molecule has 0 spiro atoms. The highest BCUT2D eigenvalue weighted by molar-refractivity contribution is 7.13. The minimum Gasteiger partial charge on any atom is -0.507 e. The first-order chi connectivity index (χ1) is 16.3. The number of benzene rings is 1. The van der Waals surface area contributed by atoms with Gasteiger partial charge in [0.15, 0.2) is 5.78 Å². The van der Waals surface area contributed by atoms with Gasteiger partial charge in [0.1, 0.15) is 17.6 Å². The van der Waals surface area contributed by atoms with Crippen molar-refractivity contribution < 1.29 is 19.2 Å². The maximum absolute atomic E-state index is 13.8. The highest BCUT2D eigenvalue weighted by Gasteiger charge is 2.36. The number of hydrogen-bond acceptors (Lipinski definition) is 8. The fraction of sp³-hybridized carbons (Fsp3) is 0.417.